The van der Waals surface area contributed by atoms with Gasteiger partial charge in [-0.15, -0.1) is 0 Å². The molecule has 1 atom stereocenters. The number of H-pyrrole nitrogens is 1. The Morgan fingerprint density at radius 2 is 1.97 bits per heavy atom. The second kappa shape index (κ2) is 10.1. The maximum Gasteiger partial charge on any atom is 0.329 e. The van der Waals surface area contributed by atoms with Gasteiger partial charge in [-0.2, -0.15) is 10.1 Å². The lowest BCUT2D eigenvalue weighted by Crippen LogP contribution is -2.30. The number of halogens is 1. The minimum Gasteiger partial charge on any atom is -0.491 e. The molecular formula is C23H23BrN6O4. The van der Waals surface area contributed by atoms with Crippen LogP contribution in [0.5, 0.6) is 5.75 Å². The number of aryl methyl sites for hydroxylation is 2. The van der Waals surface area contributed by atoms with Crippen LogP contribution in [0.25, 0.3) is 11.2 Å². The van der Waals surface area contributed by atoms with E-state index in [1.54, 1.807) is 6.21 Å². The van der Waals surface area contributed by atoms with Crippen LogP contribution in [0.15, 0.2) is 67.7 Å². The molecule has 10 nitrogen and oxygen atoms in total. The van der Waals surface area contributed by atoms with Gasteiger partial charge >= 0.3 is 5.69 Å². The molecule has 0 bridgehead atoms. The fraction of sp³-hybridized carbons (Fsp3) is 0.217. The summed E-state index contributed by atoms with van der Waals surface area (Å²) in [6, 6.07) is 15.0. The normalized spacial score (nSPS) is 12.4. The van der Waals surface area contributed by atoms with E-state index < -0.39 is 17.4 Å². The van der Waals surface area contributed by atoms with E-state index in [2.05, 4.69) is 36.4 Å². The summed E-state index contributed by atoms with van der Waals surface area (Å²) in [6.45, 7) is 1.90. The van der Waals surface area contributed by atoms with Crippen molar-refractivity contribution < 1.29 is 9.84 Å². The van der Waals surface area contributed by atoms with Crippen LogP contribution in [0.4, 0.5) is 5.95 Å². The van der Waals surface area contributed by atoms with Gasteiger partial charge in [0.25, 0.3) is 5.56 Å². The lowest BCUT2D eigenvalue weighted by atomic mass is 10.2. The predicted octanol–water partition coefficient (Wildman–Crippen LogP) is 2.38. The zero-order valence-electron chi connectivity index (χ0n) is 18.5. The van der Waals surface area contributed by atoms with Gasteiger partial charge in [0, 0.05) is 11.5 Å². The number of imidazole rings is 1. The number of rotatable bonds is 8. The van der Waals surface area contributed by atoms with Gasteiger partial charge in [-0.25, -0.2) is 10.2 Å². The second-order valence-corrected chi connectivity index (χ2v) is 8.60. The first kappa shape index (κ1) is 23.5. The summed E-state index contributed by atoms with van der Waals surface area (Å²) in [7, 11) is 1.50. The Morgan fingerprint density at radius 3 is 2.71 bits per heavy atom. The van der Waals surface area contributed by atoms with Crippen molar-refractivity contribution in [3.63, 3.8) is 0 Å². The lowest BCUT2D eigenvalue weighted by molar-refractivity contribution is 0.0935. The number of aromatic nitrogens is 4. The Morgan fingerprint density at radius 1 is 1.24 bits per heavy atom. The van der Waals surface area contributed by atoms with E-state index in [1.807, 2.05) is 55.5 Å². The molecule has 2 aromatic carbocycles. The Balaban J connectivity index is 1.62. The molecule has 0 saturated carbocycles. The number of anilines is 1. The van der Waals surface area contributed by atoms with Crippen molar-refractivity contribution in [1.82, 2.24) is 19.1 Å². The number of ether oxygens (including phenoxy) is 1. The molecule has 0 amide bonds. The number of fused-ring (bicyclic) bond motifs is 1. The van der Waals surface area contributed by atoms with Gasteiger partial charge in [0.2, 0.25) is 5.95 Å². The highest BCUT2D eigenvalue weighted by atomic mass is 79.9. The van der Waals surface area contributed by atoms with Crippen LogP contribution < -0.4 is 21.4 Å². The molecule has 0 radical (unpaired) electrons. The van der Waals surface area contributed by atoms with Gasteiger partial charge in [-0.05, 0) is 36.2 Å². The molecule has 0 saturated heterocycles. The summed E-state index contributed by atoms with van der Waals surface area (Å²) >= 11 is 3.39. The van der Waals surface area contributed by atoms with Crippen molar-refractivity contribution in [2.24, 2.45) is 12.1 Å². The molecule has 0 aliphatic rings. The first-order valence-corrected chi connectivity index (χ1v) is 11.2. The molecule has 176 valence electrons. The quantitative estimate of drug-likeness (QED) is 0.239. The highest BCUT2D eigenvalue weighted by molar-refractivity contribution is 9.10. The number of hydrogen-bond donors (Lipinski definition) is 3. The minimum atomic E-state index is -0.968. The maximum absolute atomic E-state index is 12.6. The number of benzene rings is 2. The standard InChI is InChI=1S/C23H23BrN6O4/c1-14-5-3-4-6-18(14)34-13-17(31)12-30-19-20(29(2)23(33)27-21(19)32)26-22(30)28-25-11-15-7-9-16(24)10-8-15/h3-11,17,31H,12-13H2,1-2H3,(H,26,28)(H,27,32,33)/b25-11+. The van der Waals surface area contributed by atoms with Gasteiger partial charge in [0.15, 0.2) is 11.2 Å². The van der Waals surface area contributed by atoms with Crippen molar-refractivity contribution >= 4 is 39.3 Å². The molecular weight excluding hydrogens is 504 g/mol. The summed E-state index contributed by atoms with van der Waals surface area (Å²) in [4.78, 5) is 31.3. The van der Waals surface area contributed by atoms with Crippen LogP contribution in [0.1, 0.15) is 11.1 Å². The number of nitrogens with zero attached hydrogens (tertiary/aromatic N) is 4. The number of aromatic amines is 1. The zero-order chi connectivity index (χ0) is 24.2. The molecule has 3 N–H and O–H groups in total. The molecule has 0 aliphatic heterocycles. The van der Waals surface area contributed by atoms with Gasteiger partial charge < -0.3 is 14.4 Å². The molecule has 4 rings (SSSR count). The third kappa shape index (κ3) is 5.10. The molecule has 34 heavy (non-hydrogen) atoms. The molecule has 2 heterocycles. The number of hydrazone groups is 1. The van der Waals surface area contributed by atoms with E-state index in [0.29, 0.717) is 5.75 Å². The van der Waals surface area contributed by atoms with E-state index >= 15 is 0 Å². The van der Waals surface area contributed by atoms with Crippen LogP contribution in [-0.4, -0.2) is 43.1 Å². The summed E-state index contributed by atoms with van der Waals surface area (Å²) in [6.07, 6.45) is 0.626. The van der Waals surface area contributed by atoms with E-state index in [-0.39, 0.29) is 30.3 Å². The lowest BCUT2D eigenvalue weighted by Gasteiger charge is -2.16. The second-order valence-electron chi connectivity index (χ2n) is 7.69. The highest BCUT2D eigenvalue weighted by Crippen LogP contribution is 2.19. The topological polar surface area (TPSA) is 127 Å². The highest BCUT2D eigenvalue weighted by Gasteiger charge is 2.20. The van der Waals surface area contributed by atoms with E-state index in [1.165, 1.54) is 16.2 Å². The predicted molar refractivity (Wildman–Crippen MR) is 134 cm³/mol. The van der Waals surface area contributed by atoms with Gasteiger partial charge in [0.05, 0.1) is 12.8 Å². The first-order chi connectivity index (χ1) is 16.3. The van der Waals surface area contributed by atoms with Gasteiger partial charge in [0.1, 0.15) is 18.5 Å². The first-order valence-electron chi connectivity index (χ1n) is 10.4. The Kier molecular flexibility index (Phi) is 6.94. The molecule has 0 aliphatic carbocycles. The van der Waals surface area contributed by atoms with Crippen molar-refractivity contribution in [3.8, 4) is 5.75 Å². The summed E-state index contributed by atoms with van der Waals surface area (Å²) in [5.74, 6) is 0.861. The minimum absolute atomic E-state index is 0.00417. The number of aliphatic hydroxyl groups is 1. The van der Waals surface area contributed by atoms with Crippen LogP contribution in [0.2, 0.25) is 0 Å². The van der Waals surface area contributed by atoms with Crippen LogP contribution in [0.3, 0.4) is 0 Å². The molecule has 0 spiro atoms. The molecule has 11 heteroatoms. The molecule has 0 fully saturated rings. The monoisotopic (exact) mass is 526 g/mol. The van der Waals surface area contributed by atoms with Crippen molar-refractivity contribution in [2.75, 3.05) is 12.0 Å². The number of aliphatic hydroxyl groups excluding tert-OH is 1. The SMILES string of the molecule is Cc1ccccc1OCC(O)Cn1c(N/N=C/c2ccc(Br)cc2)nc2c1c(=O)[nH]c(=O)n2C. The number of hydrogen-bond acceptors (Lipinski definition) is 7. The Labute approximate surface area is 202 Å². The van der Waals surface area contributed by atoms with Crippen molar-refractivity contribution in [1.29, 1.82) is 0 Å². The fourth-order valence-corrected chi connectivity index (χ4v) is 3.64. The zero-order valence-corrected chi connectivity index (χ0v) is 20.1. The van der Waals surface area contributed by atoms with Crippen molar-refractivity contribution in [3.05, 3.63) is 85.0 Å². The van der Waals surface area contributed by atoms with E-state index in [0.717, 1.165) is 15.6 Å². The third-order valence-electron chi connectivity index (χ3n) is 5.17. The summed E-state index contributed by atoms with van der Waals surface area (Å²) in [5.41, 5.74) is 3.71. The molecule has 2 aromatic heterocycles. The van der Waals surface area contributed by atoms with Crippen LogP contribution in [-0.2, 0) is 13.6 Å². The number of para-hydroxylation sites is 1. The Hall–Kier alpha value is -3.70. The fourth-order valence-electron chi connectivity index (χ4n) is 3.38. The smallest absolute Gasteiger partial charge is 0.329 e. The van der Waals surface area contributed by atoms with E-state index in [9.17, 15) is 14.7 Å². The van der Waals surface area contributed by atoms with Gasteiger partial charge in [-0.3, -0.25) is 14.3 Å². The molecule has 4 aromatic rings. The average Bonchev–Trinajstić information content (AvgIpc) is 3.17. The summed E-state index contributed by atoms with van der Waals surface area (Å²) < 4.78 is 9.40. The van der Waals surface area contributed by atoms with Gasteiger partial charge in [-0.1, -0.05) is 46.3 Å². The average molecular weight is 527 g/mol. The number of nitrogens with one attached hydrogen (secondary N) is 2. The van der Waals surface area contributed by atoms with Crippen LogP contribution >= 0.6 is 15.9 Å². The Bertz CT molecular complexity index is 1460. The van der Waals surface area contributed by atoms with Crippen LogP contribution in [0, 0.1) is 6.92 Å². The van der Waals surface area contributed by atoms with Crippen molar-refractivity contribution in [2.45, 2.75) is 19.6 Å². The maximum atomic E-state index is 12.6. The third-order valence-corrected chi connectivity index (χ3v) is 5.70. The largest absolute Gasteiger partial charge is 0.491 e. The summed E-state index contributed by atoms with van der Waals surface area (Å²) in [5, 5.41) is 14.9. The molecule has 1 unspecified atom stereocenters. The van der Waals surface area contributed by atoms with E-state index in [4.69, 9.17) is 4.74 Å².